The Hall–Kier alpha value is -6.58. The van der Waals surface area contributed by atoms with E-state index in [1.807, 2.05) is 0 Å². The van der Waals surface area contributed by atoms with E-state index in [2.05, 4.69) is 123 Å². The highest BCUT2D eigenvalue weighted by atomic mass is 16.5. The van der Waals surface area contributed by atoms with Gasteiger partial charge in [0.1, 0.15) is 18.1 Å². The minimum Gasteiger partial charge on any atom is -0.490 e. The number of carbonyl (C=O) groups excluding carboxylic acids is 8. The SMILES string of the molecule is CCCCCCCC/C=C\CCCCCCCCOc1ccc(C(=O)NCCNC(=O)[C@H](CCCNC(=O)[C@H](CCCNC(=O)[C@H](CCCNCCN)NCCN)NC(=O)[C@H](CCCNCCN)NCCN)NC(=O)[C@H](CCCNC(=O)[C@H](CCCNCCN)NCCN)NC(=O)[C@H](CCCNCCN)NCCN)cc1OCCCCCCCC/C=C\CCCCCCCC. The van der Waals surface area contributed by atoms with E-state index in [0.29, 0.717) is 206 Å². The van der Waals surface area contributed by atoms with Crippen molar-refractivity contribution in [1.29, 1.82) is 0 Å². The molecule has 0 fully saturated rings. The summed E-state index contributed by atoms with van der Waals surface area (Å²) in [5, 5.41) is 49.7. The zero-order valence-electron chi connectivity index (χ0n) is 81.1. The summed E-state index contributed by atoms with van der Waals surface area (Å²) < 4.78 is 12.8. The van der Waals surface area contributed by atoms with Crippen molar-refractivity contribution in [2.45, 2.75) is 326 Å². The molecule has 0 bridgehead atoms. The van der Waals surface area contributed by atoms with Crippen LogP contribution in [0.15, 0.2) is 42.5 Å². The van der Waals surface area contributed by atoms with Gasteiger partial charge in [-0.3, -0.25) is 38.4 Å². The Morgan fingerprint density at radius 2 is 0.515 bits per heavy atom. The van der Waals surface area contributed by atoms with Gasteiger partial charge in [0.15, 0.2) is 11.5 Å². The molecule has 1 aromatic rings. The van der Waals surface area contributed by atoms with Gasteiger partial charge in [-0.25, -0.2) is 0 Å². The monoisotopic (exact) mass is 1840 g/mol. The Bertz CT molecular complexity index is 2970. The molecule has 7 atom stereocenters. The summed E-state index contributed by atoms with van der Waals surface area (Å²) in [6.07, 6.45) is 48.3. The molecule has 34 nitrogen and oxygen atoms in total. The van der Waals surface area contributed by atoms with Gasteiger partial charge in [-0.2, -0.15) is 0 Å². The fourth-order valence-corrected chi connectivity index (χ4v) is 15.0. The average Bonchev–Trinajstić information content (AvgIpc) is 0.847. The van der Waals surface area contributed by atoms with Crippen molar-refractivity contribution in [3.8, 4) is 11.5 Å². The molecular formula is C96H190N24O10. The molecule has 130 heavy (non-hydrogen) atoms. The molecule has 32 N–H and O–H groups in total. The van der Waals surface area contributed by atoms with E-state index >= 15 is 4.79 Å². The number of nitrogens with one attached hydrogen (secondary N) is 16. The second kappa shape index (κ2) is 90.2. The zero-order chi connectivity index (χ0) is 94.9. The van der Waals surface area contributed by atoms with Crippen LogP contribution in [0.4, 0.5) is 0 Å². The maximum Gasteiger partial charge on any atom is 0.251 e. The van der Waals surface area contributed by atoms with Gasteiger partial charge in [0.05, 0.1) is 37.4 Å². The second-order valence-electron chi connectivity index (χ2n) is 34.2. The highest BCUT2D eigenvalue weighted by molar-refractivity contribution is 5.95. The van der Waals surface area contributed by atoms with E-state index < -0.39 is 77.7 Å². The van der Waals surface area contributed by atoms with Gasteiger partial charge in [-0.15, -0.1) is 0 Å². The number of ether oxygens (including phenoxy) is 2. The lowest BCUT2D eigenvalue weighted by molar-refractivity contribution is -0.133. The molecular weight excluding hydrogens is 1650 g/mol. The van der Waals surface area contributed by atoms with E-state index in [0.717, 1.165) is 57.8 Å². The van der Waals surface area contributed by atoms with Crippen LogP contribution in [0.2, 0.25) is 0 Å². The minimum absolute atomic E-state index is 0.0120. The molecule has 0 aliphatic heterocycles. The maximum absolute atomic E-state index is 15.1. The summed E-state index contributed by atoms with van der Waals surface area (Å²) in [6.45, 7) is 15.3. The van der Waals surface area contributed by atoms with Crippen LogP contribution in [-0.2, 0) is 33.6 Å². The molecule has 0 aliphatic carbocycles. The van der Waals surface area contributed by atoms with Crippen molar-refractivity contribution >= 4 is 47.3 Å². The number of hydrogen-bond acceptors (Lipinski definition) is 26. The van der Waals surface area contributed by atoms with E-state index in [-0.39, 0.29) is 89.7 Å². The quantitative estimate of drug-likeness (QED) is 0.0315. The maximum atomic E-state index is 15.1. The van der Waals surface area contributed by atoms with Gasteiger partial charge in [0.25, 0.3) is 5.91 Å². The first kappa shape index (κ1) is 121. The average molecular weight is 1840 g/mol. The van der Waals surface area contributed by atoms with Crippen LogP contribution in [0.1, 0.15) is 294 Å². The van der Waals surface area contributed by atoms with Crippen LogP contribution in [-0.4, -0.2) is 266 Å². The Balaban J connectivity index is 3.73. The summed E-state index contributed by atoms with van der Waals surface area (Å²) in [5.74, 6) is -2.52. The van der Waals surface area contributed by atoms with Crippen LogP contribution >= 0.6 is 0 Å². The lowest BCUT2D eigenvalue weighted by Crippen LogP contribution is -2.57. The van der Waals surface area contributed by atoms with Gasteiger partial charge >= 0.3 is 0 Å². The Morgan fingerprint density at radius 1 is 0.262 bits per heavy atom. The Labute approximate surface area is 784 Å². The molecule has 0 saturated heterocycles. The van der Waals surface area contributed by atoms with Crippen LogP contribution in [0.5, 0.6) is 11.5 Å². The van der Waals surface area contributed by atoms with Crippen LogP contribution in [0.3, 0.4) is 0 Å². The molecule has 0 unspecified atom stereocenters. The standard InChI is InChI=1S/C96H190N24O10/c1-3-5-7-9-11-13-15-17-19-21-23-25-27-29-31-33-76-129-87-50-49-79(78-88(87)130-77-34-32-30-28-26-24-22-20-18-16-14-12-10-8-6-4-2)89(121)116-74-75-117-93(125)85(119-96(128)86(120-95(127)83(112-73-58-104)45-38-62-108-69-54-100)48-41-64-114-91(123)81(110-71-56-102)43-36-60-106-67-52-98)47-40-65-115-92(124)84(118-94(126)82(111-72-57-103)44-37-61-107-68-53-99)46-39-63-113-90(122)80(109-70-55-101)42-35-59-105-66-51-97/h17-20,49-50,78,80-86,105-112H,3-16,21-48,51-77,97-104H2,1-2H3,(H,113,122)(H,114,123)(H,115,124)(H,116,121)(H,117,125)(H,118,126)(H,119,128)(H,120,127)/b19-17-,20-18-/t80-,81-,82-,83-,84-,85-,86-/m0/s1. The third kappa shape index (κ3) is 68.4. The predicted molar refractivity (Wildman–Crippen MR) is 532 cm³/mol. The first-order chi connectivity index (χ1) is 63.6. The molecule has 0 radical (unpaired) electrons. The minimum atomic E-state index is -1.26. The molecule has 34 heteroatoms. The van der Waals surface area contributed by atoms with Crippen LogP contribution in [0, 0.1) is 0 Å². The molecule has 1 aromatic carbocycles. The lowest BCUT2D eigenvalue weighted by Gasteiger charge is -2.26. The van der Waals surface area contributed by atoms with E-state index in [4.69, 9.17) is 55.3 Å². The van der Waals surface area contributed by atoms with Crippen molar-refractivity contribution in [3.63, 3.8) is 0 Å². The summed E-state index contributed by atoms with van der Waals surface area (Å²) in [7, 11) is 0. The Kier molecular flexibility index (Phi) is 84.3. The summed E-state index contributed by atoms with van der Waals surface area (Å²) in [5.41, 5.74) is 46.7. The third-order valence-electron chi connectivity index (χ3n) is 22.6. The van der Waals surface area contributed by atoms with Crippen molar-refractivity contribution in [1.82, 2.24) is 85.1 Å². The number of allylic oxidation sites excluding steroid dienone is 4. The normalized spacial score (nSPS) is 13.2. The molecule has 0 aromatic heterocycles. The fourth-order valence-electron chi connectivity index (χ4n) is 15.0. The van der Waals surface area contributed by atoms with E-state index in [1.54, 1.807) is 18.2 Å². The van der Waals surface area contributed by atoms with Gasteiger partial charge in [-0.05, 0) is 198 Å². The topological polar surface area (TPSA) is 556 Å². The smallest absolute Gasteiger partial charge is 0.251 e. The first-order valence-corrected chi connectivity index (χ1v) is 51.0. The van der Waals surface area contributed by atoms with Gasteiger partial charge < -0.3 is 140 Å². The van der Waals surface area contributed by atoms with Crippen molar-refractivity contribution in [2.75, 3.05) is 177 Å². The van der Waals surface area contributed by atoms with Crippen molar-refractivity contribution < 1.29 is 47.8 Å². The number of benzene rings is 1. The van der Waals surface area contributed by atoms with Gasteiger partial charge in [-0.1, -0.05) is 154 Å². The fraction of sp³-hybridized carbons (Fsp3) is 0.812. The highest BCUT2D eigenvalue weighted by Gasteiger charge is 2.31. The summed E-state index contributed by atoms with van der Waals surface area (Å²) in [4.78, 5) is 115. The number of amides is 8. The van der Waals surface area contributed by atoms with E-state index in [9.17, 15) is 33.6 Å². The first-order valence-electron chi connectivity index (χ1n) is 51.0. The molecule has 1 rings (SSSR count). The number of carbonyl (C=O) groups is 8. The second-order valence-corrected chi connectivity index (χ2v) is 34.2. The Morgan fingerprint density at radius 3 is 0.846 bits per heavy atom. The van der Waals surface area contributed by atoms with E-state index in [1.165, 1.54) is 122 Å². The van der Waals surface area contributed by atoms with Crippen molar-refractivity contribution in [2.24, 2.45) is 45.9 Å². The highest BCUT2D eigenvalue weighted by Crippen LogP contribution is 2.30. The largest absolute Gasteiger partial charge is 0.490 e. The zero-order valence-corrected chi connectivity index (χ0v) is 81.1. The number of hydrogen-bond donors (Lipinski definition) is 24. The number of rotatable bonds is 96. The molecule has 0 aliphatic rings. The van der Waals surface area contributed by atoms with Crippen LogP contribution < -0.4 is 140 Å². The molecule has 0 saturated carbocycles. The summed E-state index contributed by atoms with van der Waals surface area (Å²) >= 11 is 0. The molecule has 754 valence electrons. The molecule has 0 spiro atoms. The summed E-state index contributed by atoms with van der Waals surface area (Å²) in [6, 6.07) is -0.867. The molecule has 0 heterocycles. The van der Waals surface area contributed by atoms with Gasteiger partial charge in [0.2, 0.25) is 41.4 Å². The lowest BCUT2D eigenvalue weighted by atomic mass is 10.0. The third-order valence-corrected chi connectivity index (χ3v) is 22.6. The van der Waals surface area contributed by atoms with Crippen LogP contribution in [0.25, 0.3) is 0 Å². The predicted octanol–water partition coefficient (Wildman–Crippen LogP) is 4.49. The number of nitrogens with two attached hydrogens (primary N) is 8. The van der Waals surface area contributed by atoms with Gasteiger partial charge in [0, 0.05) is 143 Å². The number of unbranched alkanes of at least 4 members (excludes halogenated alkanes) is 24. The molecule has 8 amide bonds. The van der Waals surface area contributed by atoms with Crippen molar-refractivity contribution in [3.05, 3.63) is 48.1 Å².